The van der Waals surface area contributed by atoms with Crippen molar-refractivity contribution in [2.24, 2.45) is 5.73 Å². The van der Waals surface area contributed by atoms with Crippen LogP contribution in [0, 0.1) is 0 Å². The van der Waals surface area contributed by atoms with Gasteiger partial charge < -0.3 is 15.8 Å². The molecule has 0 heterocycles. The van der Waals surface area contributed by atoms with Crippen molar-refractivity contribution in [2.75, 3.05) is 0 Å². The van der Waals surface area contributed by atoms with E-state index < -0.39 is 6.09 Å². The summed E-state index contributed by atoms with van der Waals surface area (Å²) in [6.45, 7) is 3.63. The minimum atomic E-state index is -0.463. The quantitative estimate of drug-likeness (QED) is 0.887. The lowest BCUT2D eigenvalue weighted by atomic mass is 9.94. The molecule has 0 saturated heterocycles. The van der Waals surface area contributed by atoms with Crippen LogP contribution in [0.5, 0.6) is 0 Å². The Kier molecular flexibility index (Phi) is 5.55. The highest BCUT2D eigenvalue weighted by molar-refractivity contribution is 5.68. The molecule has 0 saturated carbocycles. The second-order valence-electron chi connectivity index (χ2n) is 5.42. The van der Waals surface area contributed by atoms with Crippen LogP contribution >= 0.6 is 0 Å². The molecule has 0 bridgehead atoms. The van der Waals surface area contributed by atoms with Crippen LogP contribution in [-0.4, -0.2) is 12.2 Å². The molecule has 4 heteroatoms. The summed E-state index contributed by atoms with van der Waals surface area (Å²) in [5.74, 6) is 0. The zero-order valence-corrected chi connectivity index (χ0v) is 12.9. The van der Waals surface area contributed by atoms with E-state index in [1.165, 1.54) is 0 Å². The topological polar surface area (TPSA) is 64.3 Å². The Labute approximate surface area is 131 Å². The van der Waals surface area contributed by atoms with E-state index >= 15 is 0 Å². The standard InChI is InChI=1S/C18H22N2O2/c1-13(2)22-18(21)20-17(15-11-7-4-8-12-15)16(19)14-9-5-3-6-10-14/h3-13,16-17H,19H2,1-2H3,(H,20,21)/t16-,17-/m0/s1. The van der Waals surface area contributed by atoms with Gasteiger partial charge in [0.25, 0.3) is 0 Å². The molecular formula is C18H22N2O2. The Balaban J connectivity index is 2.24. The van der Waals surface area contributed by atoms with Gasteiger partial charge >= 0.3 is 6.09 Å². The molecule has 2 atom stereocenters. The summed E-state index contributed by atoms with van der Waals surface area (Å²) in [6, 6.07) is 18.7. The fourth-order valence-corrected chi connectivity index (χ4v) is 2.28. The number of carbonyl (C=O) groups is 1. The van der Waals surface area contributed by atoms with Crippen LogP contribution in [0.3, 0.4) is 0 Å². The highest BCUT2D eigenvalue weighted by Crippen LogP contribution is 2.26. The maximum Gasteiger partial charge on any atom is 0.407 e. The zero-order valence-electron chi connectivity index (χ0n) is 12.9. The normalized spacial score (nSPS) is 13.5. The van der Waals surface area contributed by atoms with Crippen LogP contribution in [0.25, 0.3) is 0 Å². The number of rotatable bonds is 5. The number of nitrogens with one attached hydrogen (secondary N) is 1. The first-order valence-corrected chi connectivity index (χ1v) is 7.40. The third kappa shape index (κ3) is 4.33. The molecule has 0 radical (unpaired) electrons. The van der Waals surface area contributed by atoms with Crippen molar-refractivity contribution in [2.45, 2.75) is 32.0 Å². The van der Waals surface area contributed by atoms with Crippen molar-refractivity contribution in [3.63, 3.8) is 0 Å². The minimum absolute atomic E-state index is 0.177. The van der Waals surface area contributed by atoms with Crippen LogP contribution in [0.4, 0.5) is 4.79 Å². The van der Waals surface area contributed by atoms with Crippen LogP contribution in [0.2, 0.25) is 0 Å². The molecule has 2 aromatic carbocycles. The number of nitrogens with two attached hydrogens (primary N) is 1. The molecule has 0 aliphatic rings. The van der Waals surface area contributed by atoms with E-state index in [4.69, 9.17) is 10.5 Å². The van der Waals surface area contributed by atoms with Crippen molar-refractivity contribution in [1.29, 1.82) is 0 Å². The van der Waals surface area contributed by atoms with E-state index in [2.05, 4.69) is 5.32 Å². The van der Waals surface area contributed by atoms with Crippen LogP contribution in [0.1, 0.15) is 37.1 Å². The molecule has 0 aliphatic heterocycles. The predicted molar refractivity (Wildman–Crippen MR) is 87.3 cm³/mol. The number of hydrogen-bond acceptors (Lipinski definition) is 3. The average Bonchev–Trinajstić information content (AvgIpc) is 2.53. The van der Waals surface area contributed by atoms with Gasteiger partial charge in [0, 0.05) is 0 Å². The van der Waals surface area contributed by atoms with Gasteiger partial charge in [-0.15, -0.1) is 0 Å². The Bertz CT molecular complexity index is 585. The first-order valence-electron chi connectivity index (χ1n) is 7.40. The van der Waals surface area contributed by atoms with E-state index in [0.29, 0.717) is 0 Å². The summed E-state index contributed by atoms with van der Waals surface area (Å²) in [5, 5.41) is 2.88. The number of benzene rings is 2. The van der Waals surface area contributed by atoms with Gasteiger partial charge in [-0.1, -0.05) is 60.7 Å². The molecule has 4 nitrogen and oxygen atoms in total. The van der Waals surface area contributed by atoms with Crippen LogP contribution < -0.4 is 11.1 Å². The van der Waals surface area contributed by atoms with Gasteiger partial charge in [0.05, 0.1) is 18.2 Å². The molecule has 0 aromatic heterocycles. The second-order valence-corrected chi connectivity index (χ2v) is 5.42. The summed E-state index contributed by atoms with van der Waals surface area (Å²) in [5.41, 5.74) is 8.28. The van der Waals surface area contributed by atoms with Crippen molar-refractivity contribution in [3.05, 3.63) is 71.8 Å². The first kappa shape index (κ1) is 16.0. The summed E-state index contributed by atoms with van der Waals surface area (Å²) in [4.78, 5) is 12.0. The molecule has 2 aromatic rings. The predicted octanol–water partition coefficient (Wildman–Crippen LogP) is 3.56. The van der Waals surface area contributed by atoms with E-state index in [1.807, 2.05) is 74.5 Å². The van der Waals surface area contributed by atoms with Crippen molar-refractivity contribution >= 4 is 6.09 Å². The lowest BCUT2D eigenvalue weighted by molar-refractivity contribution is 0.111. The van der Waals surface area contributed by atoms with Crippen LogP contribution in [-0.2, 0) is 4.74 Å². The highest BCUT2D eigenvalue weighted by Gasteiger charge is 2.24. The zero-order chi connectivity index (χ0) is 15.9. The molecule has 0 aliphatic carbocycles. The smallest absolute Gasteiger partial charge is 0.407 e. The van der Waals surface area contributed by atoms with E-state index in [0.717, 1.165) is 11.1 Å². The van der Waals surface area contributed by atoms with Crippen molar-refractivity contribution < 1.29 is 9.53 Å². The lowest BCUT2D eigenvalue weighted by Gasteiger charge is -2.26. The Morgan fingerprint density at radius 3 is 1.95 bits per heavy atom. The van der Waals surface area contributed by atoms with Gasteiger partial charge in [0.1, 0.15) is 0 Å². The van der Waals surface area contributed by atoms with Gasteiger partial charge in [-0.3, -0.25) is 0 Å². The van der Waals surface area contributed by atoms with Crippen molar-refractivity contribution in [3.8, 4) is 0 Å². The minimum Gasteiger partial charge on any atom is -0.447 e. The Morgan fingerprint density at radius 2 is 1.45 bits per heavy atom. The van der Waals surface area contributed by atoms with Gasteiger partial charge in [0.2, 0.25) is 0 Å². The number of hydrogen-bond donors (Lipinski definition) is 2. The highest BCUT2D eigenvalue weighted by atomic mass is 16.6. The summed E-state index contributed by atoms with van der Waals surface area (Å²) >= 11 is 0. The molecule has 0 unspecified atom stereocenters. The fourth-order valence-electron chi connectivity index (χ4n) is 2.28. The average molecular weight is 298 g/mol. The third-order valence-corrected chi connectivity index (χ3v) is 3.32. The molecule has 116 valence electrons. The summed E-state index contributed by atoms with van der Waals surface area (Å²) < 4.78 is 5.18. The molecule has 0 fully saturated rings. The SMILES string of the molecule is CC(C)OC(=O)N[C@@H](c1ccccc1)[C@@H](N)c1ccccc1. The van der Waals surface area contributed by atoms with E-state index in [-0.39, 0.29) is 18.2 Å². The lowest BCUT2D eigenvalue weighted by Crippen LogP contribution is -2.37. The van der Waals surface area contributed by atoms with E-state index in [1.54, 1.807) is 0 Å². The van der Waals surface area contributed by atoms with Crippen LogP contribution in [0.15, 0.2) is 60.7 Å². The van der Waals surface area contributed by atoms with Crippen molar-refractivity contribution in [1.82, 2.24) is 5.32 Å². The number of alkyl carbamates (subject to hydrolysis) is 1. The maximum absolute atomic E-state index is 12.0. The fraction of sp³-hybridized carbons (Fsp3) is 0.278. The molecule has 22 heavy (non-hydrogen) atoms. The number of ether oxygens (including phenoxy) is 1. The van der Waals surface area contributed by atoms with Gasteiger partial charge in [-0.05, 0) is 25.0 Å². The largest absolute Gasteiger partial charge is 0.447 e. The molecular weight excluding hydrogens is 276 g/mol. The van der Waals surface area contributed by atoms with Gasteiger partial charge in [0.15, 0.2) is 0 Å². The Hall–Kier alpha value is -2.33. The summed E-state index contributed by atoms with van der Waals surface area (Å²) in [6.07, 6.45) is -0.639. The maximum atomic E-state index is 12.0. The second kappa shape index (κ2) is 7.61. The molecule has 1 amide bonds. The van der Waals surface area contributed by atoms with Gasteiger partial charge in [-0.25, -0.2) is 4.79 Å². The summed E-state index contributed by atoms with van der Waals surface area (Å²) in [7, 11) is 0. The van der Waals surface area contributed by atoms with Gasteiger partial charge in [-0.2, -0.15) is 0 Å². The van der Waals surface area contributed by atoms with E-state index in [9.17, 15) is 4.79 Å². The molecule has 3 N–H and O–H groups in total. The monoisotopic (exact) mass is 298 g/mol. The molecule has 2 rings (SSSR count). The third-order valence-electron chi connectivity index (χ3n) is 3.32. The Morgan fingerprint density at radius 1 is 0.955 bits per heavy atom. The first-order chi connectivity index (χ1) is 10.6. The number of carbonyl (C=O) groups excluding carboxylic acids is 1. The molecule has 0 spiro atoms. The number of amides is 1.